The Morgan fingerprint density at radius 2 is 2.04 bits per heavy atom. The third kappa shape index (κ3) is 3.63. The van der Waals surface area contributed by atoms with Crippen molar-refractivity contribution < 1.29 is 19.6 Å². The van der Waals surface area contributed by atoms with Gasteiger partial charge in [-0.15, -0.1) is 0 Å². The number of anilines is 1. The molecule has 0 saturated carbocycles. The molecule has 3 fully saturated rings. The van der Waals surface area contributed by atoms with E-state index in [4.69, 9.17) is 4.74 Å². The Labute approximate surface area is 163 Å². The average Bonchev–Trinajstić information content (AvgIpc) is 2.93. The Morgan fingerprint density at radius 1 is 1.32 bits per heavy atom. The molecule has 152 valence electrons. The van der Waals surface area contributed by atoms with Crippen molar-refractivity contribution in [3.63, 3.8) is 0 Å². The number of amides is 1. The number of aliphatic hydroxyl groups is 1. The summed E-state index contributed by atoms with van der Waals surface area (Å²) in [6.45, 7) is 3.12. The van der Waals surface area contributed by atoms with E-state index in [-0.39, 0.29) is 36.1 Å². The number of hydrogen-bond donors (Lipinski definition) is 1. The van der Waals surface area contributed by atoms with Crippen LogP contribution in [0.1, 0.15) is 44.1 Å². The van der Waals surface area contributed by atoms with Gasteiger partial charge in [-0.3, -0.25) is 10.1 Å². The number of fused-ring (bicyclic) bond motifs is 2. The lowest BCUT2D eigenvalue weighted by molar-refractivity contribution is -0.385. The molecule has 0 radical (unpaired) electrons. The Hall–Kier alpha value is -2.42. The molecule has 4 rings (SSSR count). The van der Waals surface area contributed by atoms with Crippen molar-refractivity contribution in [2.45, 2.75) is 69.7 Å². The van der Waals surface area contributed by atoms with Gasteiger partial charge in [-0.1, -0.05) is 0 Å². The molecule has 2 unspecified atom stereocenters. The molecule has 0 spiro atoms. The van der Waals surface area contributed by atoms with Crippen LogP contribution < -0.4 is 4.90 Å². The third-order valence-electron chi connectivity index (χ3n) is 6.11. The maximum atomic E-state index is 12.8. The lowest BCUT2D eigenvalue weighted by atomic mass is 10.0. The highest BCUT2D eigenvalue weighted by Gasteiger charge is 2.44. The highest BCUT2D eigenvalue weighted by Crippen LogP contribution is 2.36. The maximum Gasteiger partial charge on any atom is 0.410 e. The van der Waals surface area contributed by atoms with Crippen LogP contribution in [0.2, 0.25) is 0 Å². The molecule has 4 heterocycles. The van der Waals surface area contributed by atoms with Crippen LogP contribution in [0.3, 0.4) is 0 Å². The van der Waals surface area contributed by atoms with Crippen molar-refractivity contribution in [2.75, 3.05) is 18.0 Å². The molecule has 9 heteroatoms. The second kappa shape index (κ2) is 7.54. The molecule has 3 aliphatic rings. The van der Waals surface area contributed by atoms with E-state index in [1.165, 1.54) is 12.3 Å². The third-order valence-corrected chi connectivity index (χ3v) is 6.11. The van der Waals surface area contributed by atoms with Crippen LogP contribution in [0.25, 0.3) is 0 Å². The fraction of sp³-hybridized carbons (Fsp3) is 0.684. The zero-order chi connectivity index (χ0) is 19.8. The van der Waals surface area contributed by atoms with Gasteiger partial charge in [0.2, 0.25) is 0 Å². The number of carbonyl (C=O) groups excluding carboxylic acids is 1. The molecule has 1 amide bonds. The summed E-state index contributed by atoms with van der Waals surface area (Å²) in [5.74, 6) is 0.701. The van der Waals surface area contributed by atoms with E-state index >= 15 is 0 Å². The molecule has 0 aromatic carbocycles. The molecule has 28 heavy (non-hydrogen) atoms. The van der Waals surface area contributed by atoms with Gasteiger partial charge in [0.15, 0.2) is 0 Å². The predicted molar refractivity (Wildman–Crippen MR) is 101 cm³/mol. The summed E-state index contributed by atoms with van der Waals surface area (Å²) < 4.78 is 5.83. The molecular formula is C19H26N4O5. The van der Waals surface area contributed by atoms with E-state index in [1.807, 2.05) is 16.7 Å². The molecule has 1 N–H and O–H groups in total. The summed E-state index contributed by atoms with van der Waals surface area (Å²) in [5.41, 5.74) is 0.716. The Bertz CT molecular complexity index is 759. The standard InChI is InChI=1S/C19H26N4O5/c1-12-7-15(23(26)27)10-20-18(12)21-6-2-3-17(11-21)28-19(25)22-13-4-5-14(22)9-16(24)8-13/h7,10,13-14,16-17,24H,2-6,8-9,11H2,1H3/t13?,14?,16?,17-/m1/s1. The van der Waals surface area contributed by atoms with Crippen LogP contribution in [0, 0.1) is 17.0 Å². The molecule has 3 aliphatic heterocycles. The van der Waals surface area contributed by atoms with E-state index in [1.54, 1.807) is 0 Å². The molecule has 3 atom stereocenters. The molecule has 3 saturated heterocycles. The summed E-state index contributed by atoms with van der Waals surface area (Å²) in [6.07, 6.45) is 5.23. The number of nitrogens with zero attached hydrogens (tertiary/aromatic N) is 4. The number of aryl methyl sites for hydroxylation is 1. The van der Waals surface area contributed by atoms with Gasteiger partial charge in [-0.25, -0.2) is 9.78 Å². The van der Waals surface area contributed by atoms with Crippen molar-refractivity contribution in [1.82, 2.24) is 9.88 Å². The lowest BCUT2D eigenvalue weighted by Gasteiger charge is -2.39. The van der Waals surface area contributed by atoms with Crippen LogP contribution in [-0.4, -0.2) is 63.4 Å². The normalized spacial score (nSPS) is 29.6. The quantitative estimate of drug-likeness (QED) is 0.623. The zero-order valence-electron chi connectivity index (χ0n) is 16.0. The molecule has 0 aliphatic carbocycles. The van der Waals surface area contributed by atoms with Crippen LogP contribution in [0.4, 0.5) is 16.3 Å². The maximum absolute atomic E-state index is 12.8. The molecule has 1 aromatic heterocycles. The van der Waals surface area contributed by atoms with Gasteiger partial charge in [0.05, 0.1) is 17.6 Å². The van der Waals surface area contributed by atoms with Gasteiger partial charge in [0.25, 0.3) is 5.69 Å². The number of pyridine rings is 1. The van der Waals surface area contributed by atoms with E-state index in [0.29, 0.717) is 25.2 Å². The summed E-state index contributed by atoms with van der Waals surface area (Å²) in [5, 5.41) is 20.8. The summed E-state index contributed by atoms with van der Waals surface area (Å²) in [7, 11) is 0. The van der Waals surface area contributed by atoms with E-state index in [9.17, 15) is 20.0 Å². The minimum Gasteiger partial charge on any atom is -0.444 e. The van der Waals surface area contributed by atoms with Crippen molar-refractivity contribution in [3.05, 3.63) is 27.9 Å². The van der Waals surface area contributed by atoms with E-state index in [0.717, 1.165) is 37.8 Å². The van der Waals surface area contributed by atoms with Crippen molar-refractivity contribution in [2.24, 2.45) is 0 Å². The van der Waals surface area contributed by atoms with Gasteiger partial charge in [-0.2, -0.15) is 0 Å². The monoisotopic (exact) mass is 390 g/mol. The second-order valence-corrected chi connectivity index (χ2v) is 8.10. The Balaban J connectivity index is 1.40. The number of nitro groups is 1. The Kier molecular flexibility index (Phi) is 5.09. The number of rotatable bonds is 3. The first-order chi connectivity index (χ1) is 13.4. The number of piperidine rings is 2. The number of ether oxygens (including phenoxy) is 1. The van der Waals surface area contributed by atoms with Gasteiger partial charge in [0.1, 0.15) is 18.1 Å². The average molecular weight is 390 g/mol. The Morgan fingerprint density at radius 3 is 2.68 bits per heavy atom. The summed E-state index contributed by atoms with van der Waals surface area (Å²) in [6, 6.07) is 1.69. The van der Waals surface area contributed by atoms with Crippen molar-refractivity contribution in [3.8, 4) is 0 Å². The van der Waals surface area contributed by atoms with Gasteiger partial charge in [0, 0.05) is 24.7 Å². The van der Waals surface area contributed by atoms with Crippen LogP contribution in [0.5, 0.6) is 0 Å². The largest absolute Gasteiger partial charge is 0.444 e. The first-order valence-electron chi connectivity index (χ1n) is 9.95. The topological polar surface area (TPSA) is 109 Å². The highest BCUT2D eigenvalue weighted by molar-refractivity contribution is 5.69. The van der Waals surface area contributed by atoms with E-state index < -0.39 is 4.92 Å². The number of carbonyl (C=O) groups is 1. The predicted octanol–water partition coefficient (Wildman–Crippen LogP) is 2.39. The first kappa shape index (κ1) is 18.9. The SMILES string of the molecule is Cc1cc([N+](=O)[O-])cnc1N1CCC[C@@H](OC(=O)N2C3CCC2CC(O)C3)C1. The molecular weight excluding hydrogens is 364 g/mol. The number of hydrogen-bond acceptors (Lipinski definition) is 7. The smallest absolute Gasteiger partial charge is 0.410 e. The molecule has 9 nitrogen and oxygen atoms in total. The van der Waals surface area contributed by atoms with Gasteiger partial charge in [-0.05, 0) is 51.0 Å². The van der Waals surface area contributed by atoms with Crippen LogP contribution in [-0.2, 0) is 4.74 Å². The van der Waals surface area contributed by atoms with Crippen LogP contribution in [0.15, 0.2) is 12.3 Å². The number of aliphatic hydroxyl groups excluding tert-OH is 1. The minimum atomic E-state index is -0.450. The minimum absolute atomic E-state index is 0.0241. The first-order valence-corrected chi connectivity index (χ1v) is 9.95. The van der Waals surface area contributed by atoms with Crippen molar-refractivity contribution in [1.29, 1.82) is 0 Å². The van der Waals surface area contributed by atoms with Gasteiger partial charge >= 0.3 is 6.09 Å². The fourth-order valence-electron chi connectivity index (χ4n) is 4.86. The van der Waals surface area contributed by atoms with E-state index in [2.05, 4.69) is 4.98 Å². The zero-order valence-corrected chi connectivity index (χ0v) is 16.0. The second-order valence-electron chi connectivity index (χ2n) is 8.10. The molecule has 1 aromatic rings. The summed E-state index contributed by atoms with van der Waals surface area (Å²) in [4.78, 5) is 31.4. The number of aromatic nitrogens is 1. The lowest BCUT2D eigenvalue weighted by Crippen LogP contribution is -2.50. The van der Waals surface area contributed by atoms with Crippen molar-refractivity contribution >= 4 is 17.6 Å². The molecule has 2 bridgehead atoms. The highest BCUT2D eigenvalue weighted by atomic mass is 16.6. The van der Waals surface area contributed by atoms with Gasteiger partial charge < -0.3 is 19.6 Å². The van der Waals surface area contributed by atoms with Crippen LogP contribution >= 0.6 is 0 Å². The summed E-state index contributed by atoms with van der Waals surface area (Å²) >= 11 is 0. The fourth-order valence-corrected chi connectivity index (χ4v) is 4.86.